The SMILES string of the molecule is CC(CCN)N(C)c1ccc(Cl)cc1. The summed E-state index contributed by atoms with van der Waals surface area (Å²) < 4.78 is 0. The van der Waals surface area contributed by atoms with E-state index >= 15 is 0 Å². The first-order chi connectivity index (χ1) is 6.65. The quantitative estimate of drug-likeness (QED) is 0.831. The molecular formula is C11H17ClN2. The summed E-state index contributed by atoms with van der Waals surface area (Å²) in [5.41, 5.74) is 6.70. The molecule has 2 N–H and O–H groups in total. The Hall–Kier alpha value is -0.730. The van der Waals surface area contributed by atoms with Gasteiger partial charge in [-0.25, -0.2) is 0 Å². The fourth-order valence-corrected chi connectivity index (χ4v) is 1.49. The lowest BCUT2D eigenvalue weighted by atomic mass is 10.2. The molecule has 1 atom stereocenters. The molecule has 0 saturated carbocycles. The van der Waals surface area contributed by atoms with Crippen LogP contribution in [0.3, 0.4) is 0 Å². The first kappa shape index (κ1) is 11.3. The third kappa shape index (κ3) is 2.89. The largest absolute Gasteiger partial charge is 0.372 e. The second-order valence-electron chi connectivity index (χ2n) is 3.51. The van der Waals surface area contributed by atoms with Crippen LogP contribution in [0.1, 0.15) is 13.3 Å². The molecule has 0 bridgehead atoms. The molecule has 1 aromatic rings. The van der Waals surface area contributed by atoms with Gasteiger partial charge in [-0.3, -0.25) is 0 Å². The van der Waals surface area contributed by atoms with Crippen molar-refractivity contribution in [3.63, 3.8) is 0 Å². The Kier molecular flexibility index (Phi) is 4.23. The highest BCUT2D eigenvalue weighted by atomic mass is 35.5. The van der Waals surface area contributed by atoms with E-state index in [0.29, 0.717) is 6.04 Å². The van der Waals surface area contributed by atoms with E-state index in [1.807, 2.05) is 24.3 Å². The minimum atomic E-state index is 0.459. The predicted octanol–water partition coefficient (Wildman–Crippen LogP) is 2.51. The fraction of sp³-hybridized carbons (Fsp3) is 0.455. The molecule has 0 fully saturated rings. The lowest BCUT2D eigenvalue weighted by Gasteiger charge is -2.26. The Labute approximate surface area is 90.7 Å². The fourth-order valence-electron chi connectivity index (χ4n) is 1.37. The van der Waals surface area contributed by atoms with Crippen LogP contribution in [-0.2, 0) is 0 Å². The maximum atomic E-state index is 5.82. The van der Waals surface area contributed by atoms with Gasteiger partial charge in [0.05, 0.1) is 0 Å². The molecule has 1 unspecified atom stereocenters. The van der Waals surface area contributed by atoms with Crippen LogP contribution < -0.4 is 10.6 Å². The number of benzene rings is 1. The first-order valence-corrected chi connectivity index (χ1v) is 5.21. The van der Waals surface area contributed by atoms with Crippen LogP contribution in [0.4, 0.5) is 5.69 Å². The zero-order valence-corrected chi connectivity index (χ0v) is 9.46. The first-order valence-electron chi connectivity index (χ1n) is 4.83. The summed E-state index contributed by atoms with van der Waals surface area (Å²) >= 11 is 5.82. The van der Waals surface area contributed by atoms with Crippen LogP contribution in [0.5, 0.6) is 0 Å². The molecule has 0 aromatic heterocycles. The van der Waals surface area contributed by atoms with Gasteiger partial charge in [0.2, 0.25) is 0 Å². The van der Waals surface area contributed by atoms with Gasteiger partial charge in [-0.1, -0.05) is 11.6 Å². The highest BCUT2D eigenvalue weighted by Crippen LogP contribution is 2.19. The van der Waals surface area contributed by atoms with Crippen LogP contribution in [0.15, 0.2) is 24.3 Å². The van der Waals surface area contributed by atoms with Crippen molar-refractivity contribution in [3.05, 3.63) is 29.3 Å². The van der Waals surface area contributed by atoms with Crippen LogP contribution >= 0.6 is 11.6 Å². The number of rotatable bonds is 4. The Bertz CT molecular complexity index is 271. The minimum absolute atomic E-state index is 0.459. The normalized spacial score (nSPS) is 12.6. The number of nitrogens with two attached hydrogens (primary N) is 1. The zero-order chi connectivity index (χ0) is 10.6. The molecule has 0 spiro atoms. The van der Waals surface area contributed by atoms with Crippen molar-refractivity contribution >= 4 is 17.3 Å². The van der Waals surface area contributed by atoms with Gasteiger partial charge in [0.15, 0.2) is 0 Å². The van der Waals surface area contributed by atoms with E-state index in [9.17, 15) is 0 Å². The van der Waals surface area contributed by atoms with Crippen LogP contribution in [0, 0.1) is 0 Å². The van der Waals surface area contributed by atoms with Crippen molar-refractivity contribution in [2.75, 3.05) is 18.5 Å². The molecule has 0 heterocycles. The lowest BCUT2D eigenvalue weighted by molar-refractivity contribution is 0.635. The number of nitrogens with zero attached hydrogens (tertiary/aromatic N) is 1. The number of anilines is 1. The van der Waals surface area contributed by atoms with Gasteiger partial charge in [-0.15, -0.1) is 0 Å². The molecule has 3 heteroatoms. The Morgan fingerprint density at radius 1 is 1.36 bits per heavy atom. The van der Waals surface area contributed by atoms with Gasteiger partial charge in [-0.05, 0) is 44.2 Å². The van der Waals surface area contributed by atoms with Gasteiger partial charge >= 0.3 is 0 Å². The third-order valence-corrected chi connectivity index (χ3v) is 2.73. The lowest BCUT2D eigenvalue weighted by Crippen LogP contribution is -2.30. The number of hydrogen-bond donors (Lipinski definition) is 1. The maximum Gasteiger partial charge on any atom is 0.0407 e. The standard InChI is InChI=1S/C11H17ClN2/c1-9(7-8-13)14(2)11-5-3-10(12)4-6-11/h3-6,9H,7-8,13H2,1-2H3. The monoisotopic (exact) mass is 212 g/mol. The highest BCUT2D eigenvalue weighted by molar-refractivity contribution is 6.30. The van der Waals surface area contributed by atoms with Crippen LogP contribution in [0.25, 0.3) is 0 Å². The second-order valence-corrected chi connectivity index (χ2v) is 3.95. The molecule has 0 saturated heterocycles. The molecule has 0 radical (unpaired) electrons. The molecule has 0 aliphatic rings. The van der Waals surface area contributed by atoms with Gasteiger partial charge in [0.25, 0.3) is 0 Å². The molecule has 0 aliphatic carbocycles. The van der Waals surface area contributed by atoms with E-state index in [1.165, 1.54) is 5.69 Å². The van der Waals surface area contributed by atoms with Crippen molar-refractivity contribution in [1.82, 2.24) is 0 Å². The van der Waals surface area contributed by atoms with Crippen LogP contribution in [-0.4, -0.2) is 19.6 Å². The van der Waals surface area contributed by atoms with Gasteiger partial charge in [0.1, 0.15) is 0 Å². The minimum Gasteiger partial charge on any atom is -0.372 e. The summed E-state index contributed by atoms with van der Waals surface area (Å²) in [6.45, 7) is 2.89. The Morgan fingerprint density at radius 2 is 1.93 bits per heavy atom. The predicted molar refractivity (Wildman–Crippen MR) is 63.0 cm³/mol. The third-order valence-electron chi connectivity index (χ3n) is 2.48. The van der Waals surface area contributed by atoms with E-state index < -0.39 is 0 Å². The highest BCUT2D eigenvalue weighted by Gasteiger charge is 2.08. The molecule has 0 aliphatic heterocycles. The van der Waals surface area contributed by atoms with E-state index in [1.54, 1.807) is 0 Å². The second kappa shape index (κ2) is 5.23. The van der Waals surface area contributed by atoms with Crippen molar-refractivity contribution in [1.29, 1.82) is 0 Å². The summed E-state index contributed by atoms with van der Waals surface area (Å²) in [5.74, 6) is 0. The van der Waals surface area contributed by atoms with E-state index in [4.69, 9.17) is 17.3 Å². The van der Waals surface area contributed by atoms with Crippen molar-refractivity contribution in [2.45, 2.75) is 19.4 Å². The Balaban J connectivity index is 2.68. The molecule has 78 valence electrons. The van der Waals surface area contributed by atoms with E-state index in [0.717, 1.165) is 18.0 Å². The summed E-state index contributed by atoms with van der Waals surface area (Å²) in [7, 11) is 2.07. The zero-order valence-electron chi connectivity index (χ0n) is 8.70. The van der Waals surface area contributed by atoms with Gasteiger partial charge in [-0.2, -0.15) is 0 Å². The number of hydrogen-bond acceptors (Lipinski definition) is 2. The van der Waals surface area contributed by atoms with Gasteiger partial charge < -0.3 is 10.6 Å². The van der Waals surface area contributed by atoms with Crippen molar-refractivity contribution < 1.29 is 0 Å². The molecule has 0 amide bonds. The summed E-state index contributed by atoms with van der Waals surface area (Å²) in [5, 5.41) is 0.772. The molecule has 2 nitrogen and oxygen atoms in total. The molecule has 14 heavy (non-hydrogen) atoms. The molecule has 1 rings (SSSR count). The van der Waals surface area contributed by atoms with E-state index in [-0.39, 0.29) is 0 Å². The smallest absolute Gasteiger partial charge is 0.0407 e. The maximum absolute atomic E-state index is 5.82. The van der Waals surface area contributed by atoms with Gasteiger partial charge in [0, 0.05) is 23.8 Å². The summed E-state index contributed by atoms with van der Waals surface area (Å²) in [6, 6.07) is 8.32. The average Bonchev–Trinajstić information content (AvgIpc) is 2.18. The van der Waals surface area contributed by atoms with E-state index in [2.05, 4.69) is 18.9 Å². The molecule has 1 aromatic carbocycles. The molecular weight excluding hydrogens is 196 g/mol. The van der Waals surface area contributed by atoms with Crippen molar-refractivity contribution in [3.8, 4) is 0 Å². The summed E-state index contributed by atoms with van der Waals surface area (Å²) in [4.78, 5) is 2.21. The average molecular weight is 213 g/mol. The van der Waals surface area contributed by atoms with Crippen molar-refractivity contribution in [2.24, 2.45) is 5.73 Å². The summed E-state index contributed by atoms with van der Waals surface area (Å²) in [6.07, 6.45) is 0.999. The topological polar surface area (TPSA) is 29.3 Å². The Morgan fingerprint density at radius 3 is 2.43 bits per heavy atom. The number of halogens is 1. The van der Waals surface area contributed by atoms with Crippen LogP contribution in [0.2, 0.25) is 5.02 Å².